The molecule has 1 aromatic heterocycles. The molecule has 18 heavy (non-hydrogen) atoms. The van der Waals surface area contributed by atoms with Crippen molar-refractivity contribution in [1.29, 1.82) is 5.26 Å². The predicted octanol–water partition coefficient (Wildman–Crippen LogP) is 1.38. The monoisotopic (exact) mass is 244 g/mol. The molecule has 0 aromatic carbocycles. The van der Waals surface area contributed by atoms with Crippen molar-refractivity contribution in [3.63, 3.8) is 0 Å². The van der Waals surface area contributed by atoms with Crippen LogP contribution < -0.4 is 5.32 Å². The van der Waals surface area contributed by atoms with Crippen LogP contribution in [-0.2, 0) is 4.79 Å². The first-order chi connectivity index (χ1) is 8.79. The van der Waals surface area contributed by atoms with Gasteiger partial charge >= 0.3 is 0 Å². The number of nitriles is 1. The Morgan fingerprint density at radius 1 is 1.44 bits per heavy atom. The van der Waals surface area contributed by atoms with Gasteiger partial charge in [0.1, 0.15) is 11.8 Å². The summed E-state index contributed by atoms with van der Waals surface area (Å²) in [6.07, 6.45) is 4.36. The van der Waals surface area contributed by atoms with Gasteiger partial charge in [-0.05, 0) is 25.0 Å². The lowest BCUT2D eigenvalue weighted by molar-refractivity contribution is -0.129. The third-order valence-corrected chi connectivity index (χ3v) is 3.00. The molecule has 1 aliphatic heterocycles. The molecule has 94 valence electrons. The summed E-state index contributed by atoms with van der Waals surface area (Å²) in [6.45, 7) is 2.40. The van der Waals surface area contributed by atoms with E-state index in [1.165, 1.54) is 0 Å². The fraction of sp³-hybridized carbons (Fsp3) is 0.462. The summed E-state index contributed by atoms with van der Waals surface area (Å²) < 4.78 is 0. The summed E-state index contributed by atoms with van der Waals surface area (Å²) in [5.41, 5.74) is 1.23. The minimum absolute atomic E-state index is 0.210. The zero-order valence-corrected chi connectivity index (χ0v) is 10.2. The summed E-state index contributed by atoms with van der Waals surface area (Å²) in [5.74, 6) is 0.210. The number of aromatic nitrogens is 1. The van der Waals surface area contributed by atoms with E-state index in [2.05, 4.69) is 10.3 Å². The molecule has 0 saturated carbocycles. The average molecular weight is 244 g/mol. The molecule has 1 saturated heterocycles. The lowest BCUT2D eigenvalue weighted by atomic mass is 10.3. The van der Waals surface area contributed by atoms with E-state index in [9.17, 15) is 4.79 Å². The molecular weight excluding hydrogens is 228 g/mol. The van der Waals surface area contributed by atoms with Crippen molar-refractivity contribution in [3.8, 4) is 6.07 Å². The van der Waals surface area contributed by atoms with Gasteiger partial charge in [-0.2, -0.15) is 5.26 Å². The molecule has 2 heterocycles. The first kappa shape index (κ1) is 12.4. The zero-order chi connectivity index (χ0) is 12.8. The van der Waals surface area contributed by atoms with Gasteiger partial charge in [-0.15, -0.1) is 0 Å². The number of rotatable bonds is 4. The van der Waals surface area contributed by atoms with Gasteiger partial charge in [-0.1, -0.05) is 0 Å². The number of hydrogen-bond donors (Lipinski definition) is 1. The van der Waals surface area contributed by atoms with Crippen LogP contribution in [0.4, 0.5) is 5.69 Å². The fourth-order valence-corrected chi connectivity index (χ4v) is 2.00. The molecule has 0 bridgehead atoms. The molecule has 0 unspecified atom stereocenters. The normalized spacial score (nSPS) is 14.3. The summed E-state index contributed by atoms with van der Waals surface area (Å²) in [4.78, 5) is 17.6. The van der Waals surface area contributed by atoms with E-state index in [1.807, 2.05) is 11.0 Å². The molecule has 5 nitrogen and oxygen atoms in total. The minimum atomic E-state index is 0.210. The molecule has 0 atom stereocenters. The highest BCUT2D eigenvalue weighted by Gasteiger charge is 2.16. The minimum Gasteiger partial charge on any atom is -0.383 e. The van der Waals surface area contributed by atoms with Crippen LogP contribution in [-0.4, -0.2) is 35.4 Å². The van der Waals surface area contributed by atoms with E-state index in [-0.39, 0.29) is 5.91 Å². The largest absolute Gasteiger partial charge is 0.383 e. The van der Waals surface area contributed by atoms with E-state index < -0.39 is 0 Å². The molecular formula is C13H16N4O. The Bertz CT molecular complexity index is 443. The standard InChI is InChI=1S/C13H16N4O/c14-9-11-3-4-12(10-16-11)15-6-5-13(18)17-7-1-2-8-17/h3-4,10,15H,1-2,5-8H2. The van der Waals surface area contributed by atoms with Gasteiger partial charge in [0.25, 0.3) is 0 Å². The predicted molar refractivity (Wildman–Crippen MR) is 67.9 cm³/mol. The van der Waals surface area contributed by atoms with Crippen LogP contribution >= 0.6 is 0 Å². The van der Waals surface area contributed by atoms with Gasteiger partial charge in [0.2, 0.25) is 5.91 Å². The summed E-state index contributed by atoms with van der Waals surface area (Å²) in [7, 11) is 0. The quantitative estimate of drug-likeness (QED) is 0.868. The van der Waals surface area contributed by atoms with Crippen LogP contribution in [0.3, 0.4) is 0 Å². The number of nitrogens with one attached hydrogen (secondary N) is 1. The summed E-state index contributed by atoms with van der Waals surface area (Å²) in [6, 6.07) is 5.42. The van der Waals surface area contributed by atoms with Gasteiger partial charge < -0.3 is 10.2 Å². The van der Waals surface area contributed by atoms with E-state index in [4.69, 9.17) is 5.26 Å². The van der Waals surface area contributed by atoms with E-state index in [0.29, 0.717) is 18.7 Å². The summed E-state index contributed by atoms with van der Waals surface area (Å²) in [5, 5.41) is 11.7. The molecule has 1 aromatic rings. The first-order valence-electron chi connectivity index (χ1n) is 6.17. The second kappa shape index (κ2) is 6.01. The highest BCUT2D eigenvalue weighted by Crippen LogP contribution is 2.10. The number of carbonyl (C=O) groups is 1. The Morgan fingerprint density at radius 2 is 2.22 bits per heavy atom. The molecule has 0 spiro atoms. The molecule has 1 aliphatic rings. The van der Waals surface area contributed by atoms with E-state index in [1.54, 1.807) is 18.3 Å². The zero-order valence-electron chi connectivity index (χ0n) is 10.2. The molecule has 0 aliphatic carbocycles. The second-order valence-electron chi connectivity index (χ2n) is 4.31. The molecule has 0 radical (unpaired) electrons. The maximum atomic E-state index is 11.8. The number of anilines is 1. The third kappa shape index (κ3) is 3.20. The maximum absolute atomic E-state index is 11.8. The molecule has 1 fully saturated rings. The fourth-order valence-electron chi connectivity index (χ4n) is 2.00. The number of nitrogens with zero attached hydrogens (tertiary/aromatic N) is 3. The van der Waals surface area contributed by atoms with E-state index >= 15 is 0 Å². The maximum Gasteiger partial charge on any atom is 0.224 e. The van der Waals surface area contributed by atoms with Crippen LogP contribution in [0.2, 0.25) is 0 Å². The highest BCUT2D eigenvalue weighted by atomic mass is 16.2. The molecule has 5 heteroatoms. The van der Waals surface area contributed by atoms with Crippen molar-refractivity contribution in [2.24, 2.45) is 0 Å². The SMILES string of the molecule is N#Cc1ccc(NCCC(=O)N2CCCC2)cn1. The smallest absolute Gasteiger partial charge is 0.224 e. The molecule has 1 amide bonds. The van der Waals surface area contributed by atoms with Crippen molar-refractivity contribution >= 4 is 11.6 Å². The van der Waals surface area contributed by atoms with Crippen LogP contribution in [0.25, 0.3) is 0 Å². The Morgan fingerprint density at radius 3 is 2.83 bits per heavy atom. The lowest BCUT2D eigenvalue weighted by Gasteiger charge is -2.15. The number of likely N-dealkylation sites (tertiary alicyclic amines) is 1. The van der Waals surface area contributed by atoms with Crippen LogP contribution in [0.5, 0.6) is 0 Å². The van der Waals surface area contributed by atoms with Gasteiger partial charge in [0, 0.05) is 26.1 Å². The summed E-state index contributed by atoms with van der Waals surface area (Å²) >= 11 is 0. The number of carbonyl (C=O) groups excluding carboxylic acids is 1. The van der Waals surface area contributed by atoms with Crippen molar-refractivity contribution in [3.05, 3.63) is 24.0 Å². The van der Waals surface area contributed by atoms with Crippen molar-refractivity contribution in [2.75, 3.05) is 25.0 Å². The Hall–Kier alpha value is -2.09. The van der Waals surface area contributed by atoms with Crippen molar-refractivity contribution in [1.82, 2.24) is 9.88 Å². The van der Waals surface area contributed by atoms with Crippen molar-refractivity contribution < 1.29 is 4.79 Å². The lowest BCUT2D eigenvalue weighted by Crippen LogP contribution is -2.29. The van der Waals surface area contributed by atoms with Crippen molar-refractivity contribution in [2.45, 2.75) is 19.3 Å². The Balaban J connectivity index is 1.74. The first-order valence-corrected chi connectivity index (χ1v) is 6.17. The Kier molecular flexibility index (Phi) is 4.13. The molecule has 1 N–H and O–H groups in total. The van der Waals surface area contributed by atoms with Gasteiger partial charge in [0.15, 0.2) is 0 Å². The highest BCUT2D eigenvalue weighted by molar-refractivity contribution is 5.76. The molecule has 2 rings (SSSR count). The number of hydrogen-bond acceptors (Lipinski definition) is 4. The van der Waals surface area contributed by atoms with Gasteiger partial charge in [-0.25, -0.2) is 4.98 Å². The number of pyridine rings is 1. The van der Waals surface area contributed by atoms with Crippen LogP contribution in [0, 0.1) is 11.3 Å². The average Bonchev–Trinajstić information content (AvgIpc) is 2.93. The van der Waals surface area contributed by atoms with Crippen LogP contribution in [0.15, 0.2) is 18.3 Å². The van der Waals surface area contributed by atoms with Gasteiger partial charge in [-0.3, -0.25) is 4.79 Å². The Labute approximate surface area is 106 Å². The second-order valence-corrected chi connectivity index (χ2v) is 4.31. The van der Waals surface area contributed by atoms with E-state index in [0.717, 1.165) is 31.6 Å². The third-order valence-electron chi connectivity index (χ3n) is 3.00. The topological polar surface area (TPSA) is 69.0 Å². The number of amides is 1. The van der Waals surface area contributed by atoms with Gasteiger partial charge in [0.05, 0.1) is 11.9 Å². The van der Waals surface area contributed by atoms with Crippen LogP contribution in [0.1, 0.15) is 25.0 Å².